The van der Waals surface area contributed by atoms with Gasteiger partial charge in [-0.25, -0.2) is 0 Å². The second-order valence-electron chi connectivity index (χ2n) is 8.09. The molecule has 5 heteroatoms. The summed E-state index contributed by atoms with van der Waals surface area (Å²) in [7, 11) is 2.21. The van der Waals surface area contributed by atoms with E-state index < -0.39 is 0 Å². The van der Waals surface area contributed by atoms with E-state index in [0.29, 0.717) is 12.1 Å². The summed E-state index contributed by atoms with van der Waals surface area (Å²) >= 11 is 0. The first kappa shape index (κ1) is 20.9. The van der Waals surface area contributed by atoms with E-state index in [0.717, 1.165) is 58.2 Å². The molecule has 2 atom stereocenters. The molecule has 0 amide bonds. The number of hydrogen-bond donors (Lipinski definition) is 1. The van der Waals surface area contributed by atoms with Gasteiger partial charge < -0.3 is 10.2 Å². The van der Waals surface area contributed by atoms with E-state index >= 15 is 0 Å². The first-order valence-corrected chi connectivity index (χ1v) is 10.8. The SMILES string of the molecule is CCNC(=NCCC(C)N(C)Cc1ccccc1)N1CCC(N2CC=CC2)C1. The van der Waals surface area contributed by atoms with E-state index in [1.54, 1.807) is 0 Å². The summed E-state index contributed by atoms with van der Waals surface area (Å²) in [6.45, 7) is 11.7. The number of nitrogens with zero attached hydrogens (tertiary/aromatic N) is 4. The highest BCUT2D eigenvalue weighted by Gasteiger charge is 2.29. The number of rotatable bonds is 8. The largest absolute Gasteiger partial charge is 0.357 e. The molecule has 0 radical (unpaired) electrons. The standard InChI is InChI=1S/C23H37N5/c1-4-24-23(28-17-13-22(19-28)27-15-8-9-16-27)25-14-12-20(2)26(3)18-21-10-6-5-7-11-21/h5-11,20,22H,4,12-19H2,1-3H3,(H,24,25). The molecule has 0 bridgehead atoms. The second kappa shape index (κ2) is 10.6. The van der Waals surface area contributed by atoms with Crippen LogP contribution in [0.1, 0.15) is 32.3 Å². The molecular weight excluding hydrogens is 346 g/mol. The lowest BCUT2D eigenvalue weighted by atomic mass is 10.1. The predicted octanol–water partition coefficient (Wildman–Crippen LogP) is 2.81. The third-order valence-corrected chi connectivity index (χ3v) is 6.00. The molecule has 28 heavy (non-hydrogen) atoms. The Morgan fingerprint density at radius 1 is 1.25 bits per heavy atom. The van der Waals surface area contributed by atoms with Gasteiger partial charge in [-0.3, -0.25) is 14.8 Å². The maximum Gasteiger partial charge on any atom is 0.193 e. The van der Waals surface area contributed by atoms with Gasteiger partial charge in [-0.2, -0.15) is 0 Å². The molecule has 0 aromatic heterocycles. The molecular formula is C23H37N5. The third-order valence-electron chi connectivity index (χ3n) is 6.00. The highest BCUT2D eigenvalue weighted by atomic mass is 15.3. The third kappa shape index (κ3) is 5.82. The van der Waals surface area contributed by atoms with Crippen molar-refractivity contribution in [3.8, 4) is 0 Å². The quantitative estimate of drug-likeness (QED) is 0.425. The van der Waals surface area contributed by atoms with E-state index in [-0.39, 0.29) is 0 Å². The minimum atomic E-state index is 0.508. The number of nitrogens with one attached hydrogen (secondary N) is 1. The van der Waals surface area contributed by atoms with Crippen molar-refractivity contribution in [2.75, 3.05) is 46.3 Å². The molecule has 0 aliphatic carbocycles. The summed E-state index contributed by atoms with van der Waals surface area (Å²) in [6.07, 6.45) is 6.89. The minimum Gasteiger partial charge on any atom is -0.357 e. The van der Waals surface area contributed by atoms with Crippen LogP contribution in [0, 0.1) is 0 Å². The lowest BCUT2D eigenvalue weighted by molar-refractivity contribution is 0.240. The van der Waals surface area contributed by atoms with Crippen molar-refractivity contribution in [2.24, 2.45) is 4.99 Å². The lowest BCUT2D eigenvalue weighted by Crippen LogP contribution is -2.43. The molecule has 5 nitrogen and oxygen atoms in total. The first-order valence-electron chi connectivity index (χ1n) is 10.8. The van der Waals surface area contributed by atoms with Gasteiger partial charge in [0.25, 0.3) is 0 Å². The highest BCUT2D eigenvalue weighted by molar-refractivity contribution is 5.80. The van der Waals surface area contributed by atoms with Crippen molar-refractivity contribution in [1.29, 1.82) is 0 Å². The molecule has 2 aliphatic heterocycles. The molecule has 0 spiro atoms. The zero-order valence-electron chi connectivity index (χ0n) is 17.8. The average molecular weight is 384 g/mol. The van der Waals surface area contributed by atoms with Crippen LogP contribution >= 0.6 is 0 Å². The van der Waals surface area contributed by atoms with Crippen molar-refractivity contribution in [1.82, 2.24) is 20.0 Å². The van der Waals surface area contributed by atoms with Crippen LogP contribution in [-0.4, -0.2) is 79.1 Å². The Kier molecular flexibility index (Phi) is 7.92. The Balaban J connectivity index is 1.47. The van der Waals surface area contributed by atoms with Gasteiger partial charge in [-0.15, -0.1) is 0 Å². The van der Waals surface area contributed by atoms with Crippen molar-refractivity contribution >= 4 is 5.96 Å². The van der Waals surface area contributed by atoms with Gasteiger partial charge in [0, 0.05) is 57.9 Å². The van der Waals surface area contributed by atoms with Crippen molar-refractivity contribution in [3.05, 3.63) is 48.0 Å². The Morgan fingerprint density at radius 2 is 2.00 bits per heavy atom. The fraction of sp³-hybridized carbons (Fsp3) is 0.609. The maximum atomic E-state index is 4.96. The summed E-state index contributed by atoms with van der Waals surface area (Å²) < 4.78 is 0. The normalized spacial score (nSPS) is 21.6. The van der Waals surface area contributed by atoms with Gasteiger partial charge in [-0.1, -0.05) is 42.5 Å². The molecule has 3 rings (SSSR count). The fourth-order valence-corrected chi connectivity index (χ4v) is 4.06. The second-order valence-corrected chi connectivity index (χ2v) is 8.09. The first-order chi connectivity index (χ1) is 13.7. The number of guanidine groups is 1. The highest BCUT2D eigenvalue weighted by Crippen LogP contribution is 2.18. The molecule has 1 aromatic rings. The summed E-state index contributed by atoms with van der Waals surface area (Å²) in [5, 5.41) is 3.51. The number of benzene rings is 1. The monoisotopic (exact) mass is 383 g/mol. The van der Waals surface area contributed by atoms with Gasteiger partial charge in [0.05, 0.1) is 0 Å². The average Bonchev–Trinajstić information content (AvgIpc) is 3.39. The van der Waals surface area contributed by atoms with E-state index in [1.165, 1.54) is 12.0 Å². The van der Waals surface area contributed by atoms with Crippen LogP contribution in [0.15, 0.2) is 47.5 Å². The van der Waals surface area contributed by atoms with E-state index in [2.05, 4.69) is 83.4 Å². The van der Waals surface area contributed by atoms with Crippen LogP contribution in [0.3, 0.4) is 0 Å². The van der Waals surface area contributed by atoms with Crippen LogP contribution in [0.4, 0.5) is 0 Å². The summed E-state index contributed by atoms with van der Waals surface area (Å²) in [4.78, 5) is 12.4. The maximum absolute atomic E-state index is 4.96. The Labute approximate surface area is 171 Å². The topological polar surface area (TPSA) is 34.1 Å². The van der Waals surface area contributed by atoms with E-state index in [9.17, 15) is 0 Å². The van der Waals surface area contributed by atoms with Crippen LogP contribution < -0.4 is 5.32 Å². The smallest absolute Gasteiger partial charge is 0.193 e. The molecule has 1 saturated heterocycles. The lowest BCUT2D eigenvalue weighted by Gasteiger charge is -2.26. The van der Waals surface area contributed by atoms with Crippen LogP contribution in [-0.2, 0) is 6.54 Å². The minimum absolute atomic E-state index is 0.508. The zero-order chi connectivity index (χ0) is 19.8. The summed E-state index contributed by atoms with van der Waals surface area (Å²) in [5.74, 6) is 1.09. The fourth-order valence-electron chi connectivity index (χ4n) is 4.06. The molecule has 0 saturated carbocycles. The molecule has 154 valence electrons. The number of hydrogen-bond acceptors (Lipinski definition) is 3. The predicted molar refractivity (Wildman–Crippen MR) is 119 cm³/mol. The van der Waals surface area contributed by atoms with Crippen molar-refractivity contribution in [2.45, 2.75) is 45.3 Å². The number of aliphatic imine (C=N–C) groups is 1. The molecule has 2 aliphatic rings. The molecule has 1 fully saturated rings. The molecule has 2 heterocycles. The molecule has 1 N–H and O–H groups in total. The van der Waals surface area contributed by atoms with Gasteiger partial charge in [-0.05, 0) is 39.3 Å². The van der Waals surface area contributed by atoms with Crippen molar-refractivity contribution < 1.29 is 0 Å². The van der Waals surface area contributed by atoms with Gasteiger partial charge in [0.2, 0.25) is 0 Å². The number of likely N-dealkylation sites (tertiary alicyclic amines) is 1. The van der Waals surface area contributed by atoms with Crippen molar-refractivity contribution in [3.63, 3.8) is 0 Å². The van der Waals surface area contributed by atoms with Crippen LogP contribution in [0.5, 0.6) is 0 Å². The molecule has 2 unspecified atom stereocenters. The van der Waals surface area contributed by atoms with Crippen LogP contribution in [0.25, 0.3) is 0 Å². The summed E-state index contributed by atoms with van der Waals surface area (Å²) in [6, 6.07) is 11.9. The van der Waals surface area contributed by atoms with Gasteiger partial charge >= 0.3 is 0 Å². The Bertz CT molecular complexity index is 634. The van der Waals surface area contributed by atoms with Gasteiger partial charge in [0.1, 0.15) is 0 Å². The summed E-state index contributed by atoms with van der Waals surface area (Å²) in [5.41, 5.74) is 1.37. The van der Waals surface area contributed by atoms with Gasteiger partial charge in [0.15, 0.2) is 5.96 Å². The Morgan fingerprint density at radius 3 is 2.71 bits per heavy atom. The Hall–Kier alpha value is -1.85. The zero-order valence-corrected chi connectivity index (χ0v) is 17.8. The van der Waals surface area contributed by atoms with E-state index in [4.69, 9.17) is 4.99 Å². The van der Waals surface area contributed by atoms with Crippen LogP contribution in [0.2, 0.25) is 0 Å². The molecule has 1 aromatic carbocycles. The van der Waals surface area contributed by atoms with E-state index in [1.807, 2.05) is 0 Å².